The van der Waals surface area contributed by atoms with Crippen LogP contribution >= 0.6 is 0 Å². The molecule has 1 aliphatic heterocycles. The lowest BCUT2D eigenvalue weighted by molar-refractivity contribution is 0.476. The number of nitrogens with zero attached hydrogens (tertiary/aromatic N) is 2. The van der Waals surface area contributed by atoms with Crippen LogP contribution in [0.4, 0.5) is 11.4 Å². The highest BCUT2D eigenvalue weighted by atomic mass is 32.2. The Balaban J connectivity index is 2.31. The fraction of sp³-hybridized carbons (Fsp3) is 0.455. The van der Waals surface area contributed by atoms with Crippen molar-refractivity contribution in [3.05, 3.63) is 24.3 Å². The van der Waals surface area contributed by atoms with Gasteiger partial charge in [-0.25, -0.2) is 0 Å². The standard InChI is InChI=1S/C11H17N3O2S/c1-13(11-7-3-2-6-10(11)12)17(15,16)14-8-4-5-9-14/h2-3,6-7H,4-5,8-9,12H2,1H3. The zero-order valence-corrected chi connectivity index (χ0v) is 10.7. The average molecular weight is 255 g/mol. The van der Waals surface area contributed by atoms with E-state index in [0.717, 1.165) is 12.8 Å². The summed E-state index contributed by atoms with van der Waals surface area (Å²) in [5.41, 5.74) is 6.79. The van der Waals surface area contributed by atoms with Gasteiger partial charge in [-0.3, -0.25) is 4.31 Å². The highest BCUT2D eigenvalue weighted by Gasteiger charge is 2.30. The van der Waals surface area contributed by atoms with Crippen molar-refractivity contribution in [2.45, 2.75) is 12.8 Å². The summed E-state index contributed by atoms with van der Waals surface area (Å²) in [5, 5.41) is 0. The summed E-state index contributed by atoms with van der Waals surface area (Å²) < 4.78 is 27.3. The average Bonchev–Trinajstić information content (AvgIpc) is 2.83. The van der Waals surface area contributed by atoms with Crippen LogP contribution in [0.15, 0.2) is 24.3 Å². The largest absolute Gasteiger partial charge is 0.397 e. The topological polar surface area (TPSA) is 66.6 Å². The Labute approximate surface area is 102 Å². The van der Waals surface area contributed by atoms with E-state index >= 15 is 0 Å². The first-order valence-corrected chi connectivity index (χ1v) is 7.01. The molecule has 5 nitrogen and oxygen atoms in total. The smallest absolute Gasteiger partial charge is 0.303 e. The molecule has 94 valence electrons. The maximum Gasteiger partial charge on any atom is 0.303 e. The maximum atomic E-state index is 12.3. The van der Waals surface area contributed by atoms with E-state index in [0.29, 0.717) is 24.5 Å². The number of para-hydroxylation sites is 2. The van der Waals surface area contributed by atoms with E-state index < -0.39 is 10.2 Å². The molecule has 0 aliphatic carbocycles. The van der Waals surface area contributed by atoms with Crippen LogP contribution in [0, 0.1) is 0 Å². The van der Waals surface area contributed by atoms with Crippen molar-refractivity contribution >= 4 is 21.6 Å². The molecule has 0 unspecified atom stereocenters. The molecule has 2 N–H and O–H groups in total. The summed E-state index contributed by atoms with van der Waals surface area (Å²) in [4.78, 5) is 0. The van der Waals surface area contributed by atoms with Gasteiger partial charge in [0.25, 0.3) is 0 Å². The van der Waals surface area contributed by atoms with Crippen molar-refractivity contribution < 1.29 is 8.42 Å². The molecule has 1 aliphatic rings. The minimum atomic E-state index is -3.43. The molecular formula is C11H17N3O2S. The van der Waals surface area contributed by atoms with E-state index in [1.54, 1.807) is 31.3 Å². The van der Waals surface area contributed by atoms with E-state index in [1.165, 1.54) is 8.61 Å². The number of hydrogen-bond donors (Lipinski definition) is 1. The van der Waals surface area contributed by atoms with Gasteiger partial charge < -0.3 is 5.73 Å². The fourth-order valence-electron chi connectivity index (χ4n) is 1.99. The van der Waals surface area contributed by atoms with Gasteiger partial charge in [-0.1, -0.05) is 12.1 Å². The highest BCUT2D eigenvalue weighted by molar-refractivity contribution is 7.90. The van der Waals surface area contributed by atoms with Gasteiger partial charge in [0.2, 0.25) is 0 Å². The van der Waals surface area contributed by atoms with E-state index in [9.17, 15) is 8.42 Å². The molecule has 0 aromatic heterocycles. The zero-order chi connectivity index (χ0) is 12.5. The van der Waals surface area contributed by atoms with Crippen molar-refractivity contribution in [2.24, 2.45) is 0 Å². The molecule has 1 heterocycles. The second kappa shape index (κ2) is 4.54. The lowest BCUT2D eigenvalue weighted by Gasteiger charge is -2.26. The Bertz CT molecular complexity index is 495. The Morgan fingerprint density at radius 1 is 1.24 bits per heavy atom. The normalized spacial score (nSPS) is 17.2. The molecule has 0 amide bonds. The zero-order valence-electron chi connectivity index (χ0n) is 9.83. The first-order chi connectivity index (χ1) is 8.03. The molecule has 0 spiro atoms. The third-order valence-corrected chi connectivity index (χ3v) is 4.92. The fourth-order valence-corrected chi connectivity index (χ4v) is 3.47. The summed E-state index contributed by atoms with van der Waals surface area (Å²) in [7, 11) is -1.89. The lowest BCUT2D eigenvalue weighted by Crippen LogP contribution is -2.40. The Kier molecular flexibility index (Phi) is 3.26. The van der Waals surface area contributed by atoms with Crippen LogP contribution in [0.1, 0.15) is 12.8 Å². The van der Waals surface area contributed by atoms with E-state index in [-0.39, 0.29) is 0 Å². The number of nitrogens with two attached hydrogens (primary N) is 1. The molecule has 0 radical (unpaired) electrons. The van der Waals surface area contributed by atoms with Crippen molar-refractivity contribution in [3.8, 4) is 0 Å². The van der Waals surface area contributed by atoms with Crippen LogP contribution in [0.5, 0.6) is 0 Å². The minimum Gasteiger partial charge on any atom is -0.397 e. The molecule has 0 atom stereocenters. The second-order valence-corrected chi connectivity index (χ2v) is 6.10. The highest BCUT2D eigenvalue weighted by Crippen LogP contribution is 2.26. The van der Waals surface area contributed by atoms with Gasteiger partial charge in [-0.2, -0.15) is 12.7 Å². The van der Waals surface area contributed by atoms with Crippen molar-refractivity contribution in [1.82, 2.24) is 4.31 Å². The Morgan fingerprint density at radius 2 is 1.82 bits per heavy atom. The molecule has 6 heteroatoms. The number of nitrogen functional groups attached to an aromatic ring is 1. The Morgan fingerprint density at radius 3 is 2.41 bits per heavy atom. The summed E-state index contributed by atoms with van der Waals surface area (Å²) in [6.45, 7) is 1.19. The van der Waals surface area contributed by atoms with Crippen LogP contribution < -0.4 is 10.0 Å². The van der Waals surface area contributed by atoms with Crippen LogP contribution in [-0.2, 0) is 10.2 Å². The van der Waals surface area contributed by atoms with Gasteiger partial charge in [0.1, 0.15) is 0 Å². The number of benzene rings is 1. The molecule has 17 heavy (non-hydrogen) atoms. The van der Waals surface area contributed by atoms with Crippen LogP contribution in [0.3, 0.4) is 0 Å². The summed E-state index contributed by atoms with van der Waals surface area (Å²) in [6.07, 6.45) is 1.86. The molecule has 1 aromatic rings. The second-order valence-electron chi connectivity index (χ2n) is 4.14. The van der Waals surface area contributed by atoms with E-state index in [4.69, 9.17) is 5.73 Å². The van der Waals surface area contributed by atoms with Crippen LogP contribution in [0.25, 0.3) is 0 Å². The maximum absolute atomic E-state index is 12.3. The van der Waals surface area contributed by atoms with Gasteiger partial charge in [0.15, 0.2) is 0 Å². The lowest BCUT2D eigenvalue weighted by atomic mass is 10.3. The summed E-state index contributed by atoms with van der Waals surface area (Å²) in [6, 6.07) is 6.98. The quantitative estimate of drug-likeness (QED) is 0.821. The predicted molar refractivity (Wildman–Crippen MR) is 69.0 cm³/mol. The third-order valence-electron chi connectivity index (χ3n) is 3.01. The van der Waals surface area contributed by atoms with Crippen molar-refractivity contribution in [1.29, 1.82) is 0 Å². The van der Waals surface area contributed by atoms with Gasteiger partial charge in [-0.05, 0) is 25.0 Å². The molecule has 0 saturated carbocycles. The predicted octanol–water partition coefficient (Wildman–Crippen LogP) is 1.05. The first-order valence-electron chi connectivity index (χ1n) is 5.62. The van der Waals surface area contributed by atoms with Crippen LogP contribution in [0.2, 0.25) is 0 Å². The minimum absolute atomic E-state index is 0.470. The van der Waals surface area contributed by atoms with Crippen molar-refractivity contribution in [2.75, 3.05) is 30.2 Å². The van der Waals surface area contributed by atoms with E-state index in [1.807, 2.05) is 0 Å². The molecule has 1 saturated heterocycles. The molecular weight excluding hydrogens is 238 g/mol. The number of rotatable bonds is 3. The molecule has 2 rings (SSSR count). The number of hydrogen-bond acceptors (Lipinski definition) is 3. The van der Waals surface area contributed by atoms with Gasteiger partial charge in [0.05, 0.1) is 11.4 Å². The monoisotopic (exact) mass is 255 g/mol. The van der Waals surface area contributed by atoms with Gasteiger partial charge >= 0.3 is 10.2 Å². The SMILES string of the molecule is CN(c1ccccc1N)S(=O)(=O)N1CCCC1. The van der Waals surface area contributed by atoms with Gasteiger partial charge in [0, 0.05) is 20.1 Å². The molecule has 1 fully saturated rings. The van der Waals surface area contributed by atoms with Crippen molar-refractivity contribution in [3.63, 3.8) is 0 Å². The summed E-state index contributed by atoms with van der Waals surface area (Å²) >= 11 is 0. The molecule has 1 aromatic carbocycles. The Hall–Kier alpha value is -1.27. The third kappa shape index (κ3) is 2.23. The summed E-state index contributed by atoms with van der Waals surface area (Å²) in [5.74, 6) is 0. The first kappa shape index (κ1) is 12.2. The van der Waals surface area contributed by atoms with Crippen LogP contribution in [-0.4, -0.2) is 32.9 Å². The van der Waals surface area contributed by atoms with E-state index in [2.05, 4.69) is 0 Å². The molecule has 0 bridgehead atoms. The van der Waals surface area contributed by atoms with Gasteiger partial charge in [-0.15, -0.1) is 0 Å². The number of anilines is 2.